The van der Waals surface area contributed by atoms with Crippen LogP contribution in [0.1, 0.15) is 10.5 Å². The number of benzene rings is 1. The molecule has 1 aromatic carbocycles. The van der Waals surface area contributed by atoms with Crippen LogP contribution in [-0.4, -0.2) is 20.9 Å². The number of halogens is 2. The summed E-state index contributed by atoms with van der Waals surface area (Å²) in [4.78, 5) is 11.0. The molecule has 0 bridgehead atoms. The zero-order valence-corrected chi connectivity index (χ0v) is 10.2. The molecule has 0 saturated heterocycles. The fraction of sp³-hybridized carbons (Fsp3) is 0. The Hall–Kier alpha value is -1.33. The van der Waals surface area contributed by atoms with Crippen LogP contribution in [0, 0.1) is 0 Å². The van der Waals surface area contributed by atoms with Crippen molar-refractivity contribution in [3.63, 3.8) is 0 Å². The molecule has 0 spiro atoms. The highest BCUT2D eigenvalue weighted by Crippen LogP contribution is 2.19. The first-order chi connectivity index (χ1) is 7.58. The molecule has 6 heteroatoms. The number of hydrogen-bond donors (Lipinski definition) is 1. The Kier molecular flexibility index (Phi) is 2.98. The summed E-state index contributed by atoms with van der Waals surface area (Å²) in [5.41, 5.74) is 0.685. The molecule has 0 aliphatic rings. The molecular weight excluding hydrogens is 295 g/mol. The number of aromatic carboxylic acids is 1. The van der Waals surface area contributed by atoms with E-state index in [-0.39, 0.29) is 5.69 Å². The van der Waals surface area contributed by atoms with Gasteiger partial charge in [0.05, 0.1) is 5.69 Å². The van der Waals surface area contributed by atoms with Gasteiger partial charge in [0.1, 0.15) is 4.60 Å². The van der Waals surface area contributed by atoms with E-state index in [4.69, 9.17) is 16.7 Å². The highest BCUT2D eigenvalue weighted by Gasteiger charge is 2.14. The average molecular weight is 302 g/mol. The number of carbonyl (C=O) groups is 1. The van der Waals surface area contributed by atoms with Crippen molar-refractivity contribution in [2.24, 2.45) is 0 Å². The third-order valence-corrected chi connectivity index (χ3v) is 2.57. The fourth-order valence-corrected chi connectivity index (χ4v) is 1.87. The lowest BCUT2D eigenvalue weighted by Crippen LogP contribution is -2.07. The van der Waals surface area contributed by atoms with Gasteiger partial charge in [0, 0.05) is 11.1 Å². The van der Waals surface area contributed by atoms with Crippen LogP contribution in [0.2, 0.25) is 5.02 Å². The summed E-state index contributed by atoms with van der Waals surface area (Å²) in [6, 6.07) is 8.26. The number of carboxylic acid groups (broad SMARTS) is 1. The van der Waals surface area contributed by atoms with Crippen molar-refractivity contribution in [2.75, 3.05) is 0 Å². The SMILES string of the molecule is O=C(O)c1cc(Br)nn1-c1cccc(Cl)c1. The Labute approximate surface area is 105 Å². The number of rotatable bonds is 2. The van der Waals surface area contributed by atoms with Gasteiger partial charge in [-0.15, -0.1) is 0 Å². The summed E-state index contributed by atoms with van der Waals surface area (Å²) in [5, 5.41) is 13.6. The van der Waals surface area contributed by atoms with Gasteiger partial charge < -0.3 is 5.11 Å². The van der Waals surface area contributed by atoms with Crippen LogP contribution in [0.4, 0.5) is 0 Å². The average Bonchev–Trinajstić information content (AvgIpc) is 2.60. The molecule has 0 aliphatic heterocycles. The lowest BCUT2D eigenvalue weighted by Gasteiger charge is -2.04. The predicted octanol–water partition coefficient (Wildman–Crippen LogP) is 2.99. The summed E-state index contributed by atoms with van der Waals surface area (Å²) in [6.45, 7) is 0. The van der Waals surface area contributed by atoms with E-state index in [0.717, 1.165) is 0 Å². The molecule has 0 atom stereocenters. The zero-order valence-electron chi connectivity index (χ0n) is 7.89. The minimum atomic E-state index is -1.04. The van der Waals surface area contributed by atoms with Crippen molar-refractivity contribution in [3.8, 4) is 5.69 Å². The van der Waals surface area contributed by atoms with Crippen molar-refractivity contribution in [3.05, 3.63) is 45.7 Å². The molecule has 1 aromatic heterocycles. The summed E-state index contributed by atoms with van der Waals surface area (Å²) in [7, 11) is 0. The van der Waals surface area contributed by atoms with Crippen molar-refractivity contribution < 1.29 is 9.90 Å². The number of nitrogens with zero attached hydrogens (tertiary/aromatic N) is 2. The molecule has 4 nitrogen and oxygen atoms in total. The van der Waals surface area contributed by atoms with E-state index in [0.29, 0.717) is 15.3 Å². The van der Waals surface area contributed by atoms with Crippen molar-refractivity contribution >= 4 is 33.5 Å². The minimum Gasteiger partial charge on any atom is -0.477 e. The first-order valence-corrected chi connectivity index (χ1v) is 5.50. The van der Waals surface area contributed by atoms with Crippen LogP contribution in [-0.2, 0) is 0 Å². The van der Waals surface area contributed by atoms with E-state index in [2.05, 4.69) is 21.0 Å². The van der Waals surface area contributed by atoms with Crippen molar-refractivity contribution in [1.82, 2.24) is 9.78 Å². The Morgan fingerprint density at radius 3 is 2.81 bits per heavy atom. The smallest absolute Gasteiger partial charge is 0.354 e. The second-order valence-electron chi connectivity index (χ2n) is 3.05. The van der Waals surface area contributed by atoms with Gasteiger partial charge in [0.2, 0.25) is 0 Å². The Morgan fingerprint density at radius 1 is 1.44 bits per heavy atom. The van der Waals surface area contributed by atoms with E-state index in [1.165, 1.54) is 10.7 Å². The standard InChI is InChI=1S/C10H6BrClN2O2/c11-9-5-8(10(15)16)14(13-9)7-3-1-2-6(12)4-7/h1-5H,(H,15,16). The fourth-order valence-electron chi connectivity index (χ4n) is 1.31. The van der Waals surface area contributed by atoms with Crippen LogP contribution in [0.15, 0.2) is 34.9 Å². The molecule has 0 unspecified atom stereocenters. The van der Waals surface area contributed by atoms with Crippen LogP contribution >= 0.6 is 27.5 Å². The molecular formula is C10H6BrClN2O2. The van der Waals surface area contributed by atoms with Gasteiger partial charge in [0.15, 0.2) is 5.69 Å². The van der Waals surface area contributed by atoms with E-state index in [1.54, 1.807) is 24.3 Å². The van der Waals surface area contributed by atoms with Crippen LogP contribution in [0.5, 0.6) is 0 Å². The second kappa shape index (κ2) is 4.27. The molecule has 2 aromatic rings. The van der Waals surface area contributed by atoms with Gasteiger partial charge in [-0.25, -0.2) is 9.48 Å². The number of hydrogen-bond acceptors (Lipinski definition) is 2. The predicted molar refractivity (Wildman–Crippen MR) is 63.2 cm³/mol. The minimum absolute atomic E-state index is 0.0779. The Morgan fingerprint density at radius 2 is 2.19 bits per heavy atom. The van der Waals surface area contributed by atoms with Crippen LogP contribution in [0.25, 0.3) is 5.69 Å². The lowest BCUT2D eigenvalue weighted by atomic mass is 10.3. The van der Waals surface area contributed by atoms with Gasteiger partial charge in [0.25, 0.3) is 0 Å². The quantitative estimate of drug-likeness (QED) is 0.927. The van der Waals surface area contributed by atoms with Crippen molar-refractivity contribution in [1.29, 1.82) is 0 Å². The number of aromatic nitrogens is 2. The van der Waals surface area contributed by atoms with Gasteiger partial charge in [-0.3, -0.25) is 0 Å². The van der Waals surface area contributed by atoms with Crippen molar-refractivity contribution in [2.45, 2.75) is 0 Å². The lowest BCUT2D eigenvalue weighted by molar-refractivity contribution is 0.0687. The van der Waals surface area contributed by atoms with Crippen LogP contribution < -0.4 is 0 Å². The monoisotopic (exact) mass is 300 g/mol. The van der Waals surface area contributed by atoms with E-state index in [1.807, 2.05) is 0 Å². The van der Waals surface area contributed by atoms with E-state index >= 15 is 0 Å². The highest BCUT2D eigenvalue weighted by molar-refractivity contribution is 9.10. The highest BCUT2D eigenvalue weighted by atomic mass is 79.9. The van der Waals surface area contributed by atoms with Crippen LogP contribution in [0.3, 0.4) is 0 Å². The molecule has 0 fully saturated rings. The molecule has 1 N–H and O–H groups in total. The topological polar surface area (TPSA) is 55.1 Å². The summed E-state index contributed by atoms with van der Waals surface area (Å²) < 4.78 is 1.78. The largest absolute Gasteiger partial charge is 0.477 e. The molecule has 1 heterocycles. The summed E-state index contributed by atoms with van der Waals surface area (Å²) >= 11 is 8.97. The molecule has 82 valence electrons. The first kappa shape index (κ1) is 11.2. The maximum Gasteiger partial charge on any atom is 0.354 e. The maximum absolute atomic E-state index is 11.0. The molecule has 2 rings (SSSR count). The molecule has 0 saturated carbocycles. The molecule has 0 aliphatic carbocycles. The third kappa shape index (κ3) is 2.10. The molecule has 0 amide bonds. The normalized spacial score (nSPS) is 10.4. The molecule has 0 radical (unpaired) electrons. The second-order valence-corrected chi connectivity index (χ2v) is 4.30. The Bertz CT molecular complexity index is 554. The number of carboxylic acids is 1. The molecule has 16 heavy (non-hydrogen) atoms. The van der Waals surface area contributed by atoms with Gasteiger partial charge >= 0.3 is 5.97 Å². The third-order valence-electron chi connectivity index (χ3n) is 1.95. The Balaban J connectivity index is 2.59. The first-order valence-electron chi connectivity index (χ1n) is 4.33. The van der Waals surface area contributed by atoms with Gasteiger partial charge in [-0.05, 0) is 34.1 Å². The van der Waals surface area contributed by atoms with Gasteiger partial charge in [-0.2, -0.15) is 5.10 Å². The maximum atomic E-state index is 11.0. The zero-order chi connectivity index (χ0) is 11.7. The summed E-state index contributed by atoms with van der Waals surface area (Å²) in [5.74, 6) is -1.04. The van der Waals surface area contributed by atoms with Gasteiger partial charge in [-0.1, -0.05) is 17.7 Å². The summed E-state index contributed by atoms with van der Waals surface area (Å²) in [6.07, 6.45) is 0. The van der Waals surface area contributed by atoms with E-state index in [9.17, 15) is 4.79 Å². The van der Waals surface area contributed by atoms with E-state index < -0.39 is 5.97 Å².